The van der Waals surface area contributed by atoms with Crippen molar-refractivity contribution in [2.24, 2.45) is 0 Å². The van der Waals surface area contributed by atoms with E-state index in [2.05, 4.69) is 9.71 Å². The molecule has 9 heteroatoms. The third-order valence-electron chi connectivity index (χ3n) is 1.96. The smallest absolute Gasteiger partial charge is 0.264 e. The van der Waals surface area contributed by atoms with Gasteiger partial charge in [0.1, 0.15) is 20.7 Å². The van der Waals surface area contributed by atoms with Gasteiger partial charge >= 0.3 is 0 Å². The summed E-state index contributed by atoms with van der Waals surface area (Å²) in [5.74, 6) is -0.231. The Balaban J connectivity index is 2.40. The van der Waals surface area contributed by atoms with Crippen molar-refractivity contribution in [3.8, 4) is 5.75 Å². The summed E-state index contributed by atoms with van der Waals surface area (Å²) >= 11 is 12.4. The van der Waals surface area contributed by atoms with Gasteiger partial charge in [-0.3, -0.25) is 9.71 Å². The second-order valence-electron chi connectivity index (χ2n) is 3.19. The summed E-state index contributed by atoms with van der Waals surface area (Å²) in [4.78, 5) is 3.57. The lowest BCUT2D eigenvalue weighted by molar-refractivity contribution is 0.477. The van der Waals surface area contributed by atoms with E-state index < -0.39 is 10.0 Å². The van der Waals surface area contributed by atoms with E-state index in [0.29, 0.717) is 0 Å². The zero-order valence-corrected chi connectivity index (χ0v) is 11.7. The first-order valence-corrected chi connectivity index (χ1v) is 7.56. The molecule has 0 fully saturated rings. The number of rotatable bonds is 3. The minimum atomic E-state index is -3.90. The molecule has 0 aliphatic heterocycles. The van der Waals surface area contributed by atoms with Gasteiger partial charge in [0.15, 0.2) is 0 Å². The number of nitrogens with one attached hydrogen (secondary N) is 1. The van der Waals surface area contributed by atoms with Gasteiger partial charge in [0.25, 0.3) is 10.0 Å². The molecule has 0 amide bonds. The van der Waals surface area contributed by atoms with E-state index in [0.717, 1.165) is 11.3 Å². The molecule has 5 nitrogen and oxygen atoms in total. The van der Waals surface area contributed by atoms with Crippen LogP contribution in [0.25, 0.3) is 0 Å². The molecule has 0 saturated carbocycles. The topological polar surface area (TPSA) is 79.3 Å². The van der Waals surface area contributed by atoms with Crippen molar-refractivity contribution in [2.75, 3.05) is 4.72 Å². The molecule has 2 heterocycles. The Morgan fingerprint density at radius 2 is 2.11 bits per heavy atom. The molecule has 0 aliphatic carbocycles. The molecule has 0 radical (unpaired) electrons. The average molecular weight is 325 g/mol. The number of nitrogens with zero attached hydrogens (tertiary/aromatic N) is 1. The fourth-order valence-corrected chi connectivity index (χ4v) is 4.38. The molecule has 0 aromatic carbocycles. The Morgan fingerprint density at radius 3 is 2.67 bits per heavy atom. The number of aromatic nitrogens is 1. The zero-order valence-electron chi connectivity index (χ0n) is 8.59. The maximum atomic E-state index is 12.0. The van der Waals surface area contributed by atoms with E-state index in [1.54, 1.807) is 0 Å². The largest absolute Gasteiger partial charge is 0.506 e. The molecule has 96 valence electrons. The van der Waals surface area contributed by atoms with Crippen LogP contribution in [0.5, 0.6) is 5.75 Å². The monoisotopic (exact) mass is 324 g/mol. The molecule has 0 aliphatic rings. The predicted molar refractivity (Wildman–Crippen MR) is 71.0 cm³/mol. The van der Waals surface area contributed by atoms with Crippen LogP contribution in [0, 0.1) is 0 Å². The molecule has 2 aromatic heterocycles. The highest BCUT2D eigenvalue weighted by Crippen LogP contribution is 2.35. The zero-order chi connectivity index (χ0) is 13.3. The molecule has 2 N–H and O–H groups in total. The van der Waals surface area contributed by atoms with Gasteiger partial charge in [0, 0.05) is 12.3 Å². The highest BCUT2D eigenvalue weighted by Gasteiger charge is 2.22. The number of sulfonamides is 1. The van der Waals surface area contributed by atoms with E-state index in [4.69, 9.17) is 23.2 Å². The lowest BCUT2D eigenvalue weighted by Crippen LogP contribution is -2.12. The standard InChI is InChI=1S/C9H6Cl2N2O3S2/c10-8-3-7(9(11)17-8)18(15,16)13-5-4-12-2-1-6(5)14/h1-4,13H,(H,12,14). The molecular formula is C9H6Cl2N2O3S2. The van der Waals surface area contributed by atoms with Crippen LogP contribution in [0.2, 0.25) is 8.67 Å². The van der Waals surface area contributed by atoms with Crippen molar-refractivity contribution < 1.29 is 13.5 Å². The van der Waals surface area contributed by atoms with Crippen LogP contribution in [-0.2, 0) is 10.0 Å². The number of thiophene rings is 1. The van der Waals surface area contributed by atoms with Crippen LogP contribution in [0.1, 0.15) is 0 Å². The highest BCUT2D eigenvalue weighted by atomic mass is 35.5. The lowest BCUT2D eigenvalue weighted by Gasteiger charge is -2.07. The highest BCUT2D eigenvalue weighted by molar-refractivity contribution is 7.93. The van der Waals surface area contributed by atoms with Gasteiger partial charge < -0.3 is 5.11 Å². The van der Waals surface area contributed by atoms with Gasteiger partial charge in [-0.2, -0.15) is 0 Å². The van der Waals surface area contributed by atoms with E-state index >= 15 is 0 Å². The molecule has 2 rings (SSSR count). The molecule has 0 bridgehead atoms. The molecule has 2 aromatic rings. The minimum absolute atomic E-state index is 0.0316. The van der Waals surface area contributed by atoms with Gasteiger partial charge in [0.2, 0.25) is 0 Å². The van der Waals surface area contributed by atoms with Crippen molar-refractivity contribution >= 4 is 50.2 Å². The van der Waals surface area contributed by atoms with Crippen LogP contribution < -0.4 is 4.72 Å². The minimum Gasteiger partial charge on any atom is -0.506 e. The Hall–Kier alpha value is -1.02. The van der Waals surface area contributed by atoms with Gasteiger partial charge in [-0.15, -0.1) is 11.3 Å². The summed E-state index contributed by atoms with van der Waals surface area (Å²) in [6.07, 6.45) is 2.52. The molecule has 0 unspecified atom stereocenters. The Kier molecular flexibility index (Phi) is 3.67. The summed E-state index contributed by atoms with van der Waals surface area (Å²) in [6, 6.07) is 2.50. The number of pyridine rings is 1. The van der Waals surface area contributed by atoms with Gasteiger partial charge in [0.05, 0.1) is 10.5 Å². The normalized spacial score (nSPS) is 11.4. The SMILES string of the molecule is O=S(=O)(Nc1cnccc1O)c1cc(Cl)sc1Cl. The van der Waals surface area contributed by atoms with Gasteiger partial charge in [-0.1, -0.05) is 23.2 Å². The Labute approximate surface area is 117 Å². The summed E-state index contributed by atoms with van der Waals surface area (Å²) in [5.41, 5.74) is -0.0316. The van der Waals surface area contributed by atoms with Crippen LogP contribution >= 0.6 is 34.5 Å². The van der Waals surface area contributed by atoms with Crippen LogP contribution in [0.3, 0.4) is 0 Å². The fraction of sp³-hybridized carbons (Fsp3) is 0. The van der Waals surface area contributed by atoms with Crippen molar-refractivity contribution in [1.82, 2.24) is 4.98 Å². The molecule has 18 heavy (non-hydrogen) atoms. The van der Waals surface area contributed by atoms with Crippen LogP contribution in [0.4, 0.5) is 5.69 Å². The van der Waals surface area contributed by atoms with Crippen molar-refractivity contribution in [1.29, 1.82) is 0 Å². The van der Waals surface area contributed by atoms with E-state index in [1.165, 1.54) is 24.5 Å². The number of halogens is 2. The first kappa shape index (κ1) is 13.4. The molecule has 0 spiro atoms. The van der Waals surface area contributed by atoms with Gasteiger partial charge in [-0.05, 0) is 6.07 Å². The van der Waals surface area contributed by atoms with Gasteiger partial charge in [-0.25, -0.2) is 8.42 Å². The van der Waals surface area contributed by atoms with Crippen LogP contribution in [-0.4, -0.2) is 18.5 Å². The lowest BCUT2D eigenvalue weighted by atomic mass is 10.4. The second kappa shape index (κ2) is 4.93. The molecular weight excluding hydrogens is 319 g/mol. The maximum Gasteiger partial charge on any atom is 0.264 e. The summed E-state index contributed by atoms with van der Waals surface area (Å²) in [6.45, 7) is 0. The fourth-order valence-electron chi connectivity index (χ4n) is 1.17. The van der Waals surface area contributed by atoms with Crippen molar-refractivity contribution in [3.05, 3.63) is 33.2 Å². The number of aromatic hydroxyl groups is 1. The number of anilines is 1. The van der Waals surface area contributed by atoms with Crippen LogP contribution in [0.15, 0.2) is 29.4 Å². The number of hydrogen-bond acceptors (Lipinski definition) is 5. The first-order valence-electron chi connectivity index (χ1n) is 4.51. The van der Waals surface area contributed by atoms with E-state index in [9.17, 15) is 13.5 Å². The van der Waals surface area contributed by atoms with Crippen molar-refractivity contribution in [2.45, 2.75) is 4.90 Å². The molecule has 0 saturated heterocycles. The van der Waals surface area contributed by atoms with Crippen molar-refractivity contribution in [3.63, 3.8) is 0 Å². The van der Waals surface area contributed by atoms with E-state index in [1.807, 2.05) is 0 Å². The summed E-state index contributed by atoms with van der Waals surface area (Å²) < 4.78 is 26.5. The second-order valence-corrected chi connectivity index (χ2v) is 7.12. The maximum absolute atomic E-state index is 12.0. The first-order chi connectivity index (χ1) is 8.40. The molecule has 0 atom stereocenters. The summed E-state index contributed by atoms with van der Waals surface area (Å²) in [5, 5.41) is 9.47. The third-order valence-corrected chi connectivity index (χ3v) is 5.08. The number of hydrogen-bond donors (Lipinski definition) is 2. The third kappa shape index (κ3) is 2.69. The average Bonchev–Trinajstić information content (AvgIpc) is 2.62. The Bertz CT molecular complexity index is 685. The summed E-state index contributed by atoms with van der Waals surface area (Å²) in [7, 11) is -3.90. The van der Waals surface area contributed by atoms with E-state index in [-0.39, 0.29) is 25.0 Å². The predicted octanol–water partition coefficient (Wildman–Crippen LogP) is 2.96. The Morgan fingerprint density at radius 1 is 1.39 bits per heavy atom. The quantitative estimate of drug-likeness (QED) is 0.909.